The number of nitrogens with zero attached hydrogens (tertiary/aromatic N) is 2. The summed E-state index contributed by atoms with van der Waals surface area (Å²) in [4.78, 5) is 3.02. The monoisotopic (exact) mass is 344 g/mol. The minimum absolute atomic E-state index is 0.559. The minimum Gasteiger partial charge on any atom is -0.311 e. The largest absolute Gasteiger partial charge is 0.311 e. The SMILES string of the molecule is Cc1c(C)c(C)n(C[NH+]2CCC[C@@H]2c2cccs2)c(=S)c1C#N. The molecule has 0 amide bonds. The molecule has 23 heavy (non-hydrogen) atoms. The summed E-state index contributed by atoms with van der Waals surface area (Å²) in [5, 5.41) is 11.6. The van der Waals surface area contributed by atoms with Gasteiger partial charge in [-0.3, -0.25) is 4.57 Å². The molecule has 3 rings (SSSR count). The van der Waals surface area contributed by atoms with Crippen molar-refractivity contribution in [2.24, 2.45) is 0 Å². The summed E-state index contributed by atoms with van der Waals surface area (Å²) in [5.74, 6) is 0. The molecule has 0 spiro atoms. The predicted octanol–water partition coefficient (Wildman–Crippen LogP) is 3.45. The Hall–Kier alpha value is -1.48. The molecule has 1 fully saturated rings. The van der Waals surface area contributed by atoms with E-state index in [1.807, 2.05) is 18.3 Å². The second-order valence-corrected chi connectivity index (χ2v) is 7.70. The highest BCUT2D eigenvalue weighted by Gasteiger charge is 2.31. The third-order valence-corrected chi connectivity index (χ3v) is 6.60. The van der Waals surface area contributed by atoms with E-state index in [9.17, 15) is 5.26 Å². The summed E-state index contributed by atoms with van der Waals surface area (Å²) < 4.78 is 2.87. The molecule has 1 saturated heterocycles. The Kier molecular flexibility index (Phi) is 4.67. The second-order valence-electron chi connectivity index (χ2n) is 6.33. The fraction of sp³-hybridized carbons (Fsp3) is 0.444. The van der Waals surface area contributed by atoms with Crippen molar-refractivity contribution in [2.75, 3.05) is 6.54 Å². The van der Waals surface area contributed by atoms with E-state index in [4.69, 9.17) is 12.2 Å². The maximum absolute atomic E-state index is 9.47. The van der Waals surface area contributed by atoms with E-state index < -0.39 is 0 Å². The van der Waals surface area contributed by atoms with Gasteiger partial charge < -0.3 is 4.90 Å². The summed E-state index contributed by atoms with van der Waals surface area (Å²) in [6, 6.07) is 7.24. The van der Waals surface area contributed by atoms with E-state index in [1.54, 1.807) is 4.90 Å². The molecule has 1 N–H and O–H groups in total. The lowest BCUT2D eigenvalue weighted by atomic mass is 10.0. The van der Waals surface area contributed by atoms with Gasteiger partial charge in [-0.2, -0.15) is 5.26 Å². The highest BCUT2D eigenvalue weighted by atomic mass is 32.1. The van der Waals surface area contributed by atoms with Crippen LogP contribution in [-0.4, -0.2) is 11.1 Å². The third-order valence-electron chi connectivity index (χ3n) is 5.19. The van der Waals surface area contributed by atoms with Crippen LogP contribution in [0.1, 0.15) is 46.1 Å². The van der Waals surface area contributed by atoms with Crippen LogP contribution in [-0.2, 0) is 6.67 Å². The summed E-state index contributed by atoms with van der Waals surface area (Å²) in [7, 11) is 0. The fourth-order valence-electron chi connectivity index (χ4n) is 3.57. The summed E-state index contributed by atoms with van der Waals surface area (Å²) in [5.41, 5.74) is 4.06. The van der Waals surface area contributed by atoms with Gasteiger partial charge in [0.05, 0.1) is 17.0 Å². The van der Waals surface area contributed by atoms with Crippen LogP contribution in [0.2, 0.25) is 0 Å². The zero-order valence-electron chi connectivity index (χ0n) is 13.8. The van der Waals surface area contributed by atoms with E-state index in [1.165, 1.54) is 35.5 Å². The Balaban J connectivity index is 1.99. The van der Waals surface area contributed by atoms with Crippen LogP contribution in [0.25, 0.3) is 0 Å². The van der Waals surface area contributed by atoms with Crippen LogP contribution in [0.5, 0.6) is 0 Å². The van der Waals surface area contributed by atoms with E-state index >= 15 is 0 Å². The third kappa shape index (κ3) is 2.87. The maximum Gasteiger partial charge on any atom is 0.158 e. The highest BCUT2D eigenvalue weighted by molar-refractivity contribution is 7.71. The normalized spacial score (nSPS) is 20.6. The molecule has 0 radical (unpaired) electrons. The maximum atomic E-state index is 9.47. The number of nitrogens with one attached hydrogen (secondary N) is 1. The van der Waals surface area contributed by atoms with Gasteiger partial charge in [0.2, 0.25) is 0 Å². The molecule has 1 aliphatic rings. The van der Waals surface area contributed by atoms with Crippen molar-refractivity contribution in [2.45, 2.75) is 46.3 Å². The molecule has 1 aliphatic heterocycles. The second kappa shape index (κ2) is 6.56. The Labute approximate surface area is 146 Å². The minimum atomic E-state index is 0.559. The Morgan fingerprint density at radius 1 is 1.39 bits per heavy atom. The molecule has 2 aromatic heterocycles. The van der Waals surface area contributed by atoms with E-state index in [-0.39, 0.29) is 0 Å². The van der Waals surface area contributed by atoms with Crippen molar-refractivity contribution < 1.29 is 4.90 Å². The lowest BCUT2D eigenvalue weighted by Crippen LogP contribution is -3.09. The van der Waals surface area contributed by atoms with Crippen LogP contribution in [0, 0.1) is 36.7 Å². The molecule has 0 saturated carbocycles. The zero-order valence-corrected chi connectivity index (χ0v) is 15.5. The van der Waals surface area contributed by atoms with Gasteiger partial charge in [0.15, 0.2) is 6.67 Å². The van der Waals surface area contributed by atoms with Gasteiger partial charge in [-0.15, -0.1) is 11.3 Å². The molecule has 0 bridgehead atoms. The molecule has 3 nitrogen and oxygen atoms in total. The Bertz CT molecular complexity index is 812. The van der Waals surface area contributed by atoms with Crippen LogP contribution in [0.4, 0.5) is 0 Å². The van der Waals surface area contributed by atoms with Crippen molar-refractivity contribution in [3.05, 3.63) is 49.4 Å². The van der Waals surface area contributed by atoms with Crippen LogP contribution < -0.4 is 4.90 Å². The van der Waals surface area contributed by atoms with E-state index in [0.29, 0.717) is 16.2 Å². The topological polar surface area (TPSA) is 33.2 Å². The van der Waals surface area contributed by atoms with Gasteiger partial charge in [-0.1, -0.05) is 18.3 Å². The summed E-state index contributed by atoms with van der Waals surface area (Å²) in [6.07, 6.45) is 2.48. The van der Waals surface area contributed by atoms with E-state index in [0.717, 1.165) is 12.2 Å². The first-order valence-electron chi connectivity index (χ1n) is 8.03. The van der Waals surface area contributed by atoms with Crippen molar-refractivity contribution in [3.63, 3.8) is 0 Å². The van der Waals surface area contributed by atoms with Crippen molar-refractivity contribution in [3.8, 4) is 6.07 Å². The van der Waals surface area contributed by atoms with Gasteiger partial charge in [0.25, 0.3) is 0 Å². The fourth-order valence-corrected chi connectivity index (χ4v) is 4.89. The number of hydrogen-bond donors (Lipinski definition) is 1. The van der Waals surface area contributed by atoms with Crippen LogP contribution in [0.3, 0.4) is 0 Å². The number of rotatable bonds is 3. The van der Waals surface area contributed by atoms with Crippen molar-refractivity contribution in [1.29, 1.82) is 5.26 Å². The van der Waals surface area contributed by atoms with Gasteiger partial charge in [-0.25, -0.2) is 0 Å². The quantitative estimate of drug-likeness (QED) is 0.865. The summed E-state index contributed by atoms with van der Waals surface area (Å²) >= 11 is 7.48. The molecule has 1 unspecified atom stereocenters. The van der Waals surface area contributed by atoms with Gasteiger partial charge in [0.1, 0.15) is 16.8 Å². The molecule has 3 heterocycles. The molecule has 0 aromatic carbocycles. The standard InChI is InChI=1S/C18H21N3S2/c1-12-13(2)15(10-19)18(22)21(14(12)3)11-20-8-4-6-16(20)17-7-5-9-23-17/h5,7,9,16H,4,6,8,11H2,1-3H3/p+1/t16-/m1/s1. The number of aromatic nitrogens is 1. The number of pyridine rings is 1. The van der Waals surface area contributed by atoms with Gasteiger partial charge >= 0.3 is 0 Å². The number of hydrogen-bond acceptors (Lipinski definition) is 3. The van der Waals surface area contributed by atoms with Gasteiger partial charge in [-0.05, 0) is 43.3 Å². The van der Waals surface area contributed by atoms with Gasteiger partial charge in [0, 0.05) is 18.5 Å². The van der Waals surface area contributed by atoms with Crippen molar-refractivity contribution in [1.82, 2.24) is 4.57 Å². The van der Waals surface area contributed by atoms with Crippen molar-refractivity contribution >= 4 is 23.6 Å². The number of quaternary nitrogens is 1. The smallest absolute Gasteiger partial charge is 0.158 e. The zero-order chi connectivity index (χ0) is 16.6. The molecular formula is C18H22N3S2+. The first-order chi connectivity index (χ1) is 11.0. The average Bonchev–Trinajstić information content (AvgIpc) is 3.21. The Morgan fingerprint density at radius 2 is 2.17 bits per heavy atom. The molecule has 5 heteroatoms. The molecule has 120 valence electrons. The molecular weight excluding hydrogens is 322 g/mol. The Morgan fingerprint density at radius 3 is 2.83 bits per heavy atom. The lowest BCUT2D eigenvalue weighted by molar-refractivity contribution is -0.940. The lowest BCUT2D eigenvalue weighted by Gasteiger charge is -2.24. The highest BCUT2D eigenvalue weighted by Crippen LogP contribution is 2.24. The molecule has 2 atom stereocenters. The number of thiophene rings is 1. The first-order valence-corrected chi connectivity index (χ1v) is 9.32. The predicted molar refractivity (Wildman–Crippen MR) is 96.3 cm³/mol. The van der Waals surface area contributed by atoms with Crippen LogP contribution in [0.15, 0.2) is 17.5 Å². The average molecular weight is 345 g/mol. The first kappa shape index (κ1) is 16.4. The van der Waals surface area contributed by atoms with Crippen LogP contribution >= 0.6 is 23.6 Å². The summed E-state index contributed by atoms with van der Waals surface area (Å²) in [6.45, 7) is 8.22. The molecule has 0 aliphatic carbocycles. The number of nitriles is 1. The molecule has 2 aromatic rings. The van der Waals surface area contributed by atoms with E-state index in [2.05, 4.69) is 42.0 Å². The number of likely N-dealkylation sites (tertiary alicyclic amines) is 1.